The fourth-order valence-electron chi connectivity index (χ4n) is 2.89. The average molecular weight is 432 g/mol. The first-order chi connectivity index (χ1) is 13.6. The molecule has 0 spiro atoms. The molecular weight excluding hydrogens is 402 g/mol. The molecule has 0 fully saturated rings. The van der Waals surface area contributed by atoms with Gasteiger partial charge in [-0.2, -0.15) is 11.8 Å². The Morgan fingerprint density at radius 3 is 2.24 bits per heavy atom. The lowest BCUT2D eigenvalue weighted by Crippen LogP contribution is -2.50. The molecule has 1 rings (SSSR count). The van der Waals surface area contributed by atoms with Crippen molar-refractivity contribution in [2.24, 2.45) is 0 Å². The summed E-state index contributed by atoms with van der Waals surface area (Å²) in [7, 11) is 0. The van der Waals surface area contributed by atoms with Crippen LogP contribution in [0.3, 0.4) is 0 Å². The second kappa shape index (κ2) is 12.9. The van der Waals surface area contributed by atoms with Gasteiger partial charge in [0.2, 0.25) is 0 Å². The number of allylic oxidation sites excluding steroid dienone is 3. The molecule has 0 aromatic carbocycles. The summed E-state index contributed by atoms with van der Waals surface area (Å²) < 4.78 is 0. The van der Waals surface area contributed by atoms with Crippen LogP contribution in [-0.2, 0) is 14.4 Å². The van der Waals surface area contributed by atoms with Crippen LogP contribution in [0.25, 0.3) is 0 Å². The maximum Gasteiger partial charge on any atom is 0.317 e. The number of hydrogen-bond acceptors (Lipinski definition) is 9. The van der Waals surface area contributed by atoms with Crippen molar-refractivity contribution in [3.05, 3.63) is 23.3 Å². The molecule has 5 N–H and O–H groups in total. The predicted molar refractivity (Wildman–Crippen MR) is 107 cm³/mol. The third kappa shape index (κ3) is 9.20. The molecule has 29 heavy (non-hydrogen) atoms. The van der Waals surface area contributed by atoms with Crippen molar-refractivity contribution in [3.8, 4) is 0 Å². The number of aliphatic hydroxyl groups is 4. The number of carbonyl (C=O) groups excluding carboxylic acids is 2. The fraction of sp³-hybridized carbons (Fsp3) is 0.632. The molecular formula is C19H29NO8S. The molecule has 1 aliphatic carbocycles. The quantitative estimate of drug-likeness (QED) is 0.140. The normalized spacial score (nSPS) is 15.9. The lowest BCUT2D eigenvalue weighted by molar-refractivity contribution is -0.147. The smallest absolute Gasteiger partial charge is 0.317 e. The number of thioether (sulfide) groups is 1. The van der Waals surface area contributed by atoms with Gasteiger partial charge in [0.05, 0.1) is 19.1 Å². The van der Waals surface area contributed by atoms with Crippen molar-refractivity contribution < 1.29 is 39.9 Å². The van der Waals surface area contributed by atoms with Crippen molar-refractivity contribution in [1.82, 2.24) is 4.90 Å². The van der Waals surface area contributed by atoms with Crippen LogP contribution < -0.4 is 0 Å². The zero-order chi connectivity index (χ0) is 22.0. The van der Waals surface area contributed by atoms with E-state index in [2.05, 4.69) is 0 Å². The Bertz CT molecular complexity index is 644. The van der Waals surface area contributed by atoms with E-state index in [4.69, 9.17) is 15.3 Å². The van der Waals surface area contributed by atoms with Gasteiger partial charge in [-0.15, -0.1) is 0 Å². The van der Waals surface area contributed by atoms with Crippen LogP contribution in [0.4, 0.5) is 0 Å². The first kappa shape index (κ1) is 25.5. The molecule has 0 aromatic rings. The van der Waals surface area contributed by atoms with Gasteiger partial charge in [0.1, 0.15) is 0 Å². The van der Waals surface area contributed by atoms with E-state index in [1.807, 2.05) is 6.92 Å². The Hall–Kier alpha value is -1.56. The highest BCUT2D eigenvalue weighted by Gasteiger charge is 2.28. The van der Waals surface area contributed by atoms with E-state index in [-0.39, 0.29) is 28.6 Å². The summed E-state index contributed by atoms with van der Waals surface area (Å²) in [5.41, 5.74) is 0.780. The van der Waals surface area contributed by atoms with E-state index in [1.165, 1.54) is 12.2 Å². The van der Waals surface area contributed by atoms with Gasteiger partial charge in [-0.05, 0) is 25.0 Å². The van der Waals surface area contributed by atoms with Gasteiger partial charge >= 0.3 is 5.97 Å². The van der Waals surface area contributed by atoms with Gasteiger partial charge in [-0.1, -0.05) is 19.8 Å². The molecule has 164 valence electrons. The van der Waals surface area contributed by atoms with E-state index in [1.54, 1.807) is 0 Å². The Labute approximate surface area is 173 Å². The third-order valence-corrected chi connectivity index (χ3v) is 5.48. The van der Waals surface area contributed by atoms with Gasteiger partial charge in [0.25, 0.3) is 0 Å². The molecule has 0 heterocycles. The van der Waals surface area contributed by atoms with Crippen molar-refractivity contribution in [3.63, 3.8) is 0 Å². The molecule has 0 aliphatic heterocycles. The maximum atomic E-state index is 12.3. The highest BCUT2D eigenvalue weighted by atomic mass is 32.2. The number of aliphatic carboxylic acids is 1. The van der Waals surface area contributed by atoms with E-state index in [0.717, 1.165) is 35.9 Å². The van der Waals surface area contributed by atoms with Crippen molar-refractivity contribution in [2.45, 2.75) is 51.2 Å². The number of aliphatic hydroxyl groups excluding tert-OH is 2. The highest BCUT2D eigenvalue weighted by molar-refractivity contribution is 7.99. The lowest BCUT2D eigenvalue weighted by Gasteiger charge is -2.31. The third-order valence-electron chi connectivity index (χ3n) is 4.39. The van der Waals surface area contributed by atoms with Gasteiger partial charge in [-0.3, -0.25) is 19.3 Å². The van der Waals surface area contributed by atoms with E-state index >= 15 is 0 Å². The van der Waals surface area contributed by atoms with Crippen molar-refractivity contribution in [2.75, 3.05) is 24.6 Å². The average Bonchev–Trinajstić information content (AvgIpc) is 2.60. The molecule has 0 aromatic heterocycles. The molecule has 0 bridgehead atoms. The van der Waals surface area contributed by atoms with E-state index in [0.29, 0.717) is 12.0 Å². The molecule has 9 nitrogen and oxygen atoms in total. The number of unbranched alkanes of at least 4 members (excludes halogenated alkanes) is 2. The van der Waals surface area contributed by atoms with E-state index < -0.39 is 37.7 Å². The second-order valence-electron chi connectivity index (χ2n) is 6.82. The minimum absolute atomic E-state index is 0.00352. The Morgan fingerprint density at radius 2 is 1.69 bits per heavy atom. The van der Waals surface area contributed by atoms with Gasteiger partial charge in [0.15, 0.2) is 24.1 Å². The fourth-order valence-corrected chi connectivity index (χ4v) is 4.08. The van der Waals surface area contributed by atoms with Crippen LogP contribution in [0, 0.1) is 0 Å². The Morgan fingerprint density at radius 1 is 1.07 bits per heavy atom. The number of ketones is 2. The minimum Gasteiger partial charge on any atom is -0.480 e. The molecule has 1 aliphatic rings. The largest absolute Gasteiger partial charge is 0.480 e. The minimum atomic E-state index is -1.93. The topological polar surface area (TPSA) is 156 Å². The SMILES string of the molecule is CCCCCC1=CC(=O)C(CSCC(C(O)O)N(CC(=O)O)CC(O)O)=CC1=O. The summed E-state index contributed by atoms with van der Waals surface area (Å²) in [6.07, 6.45) is 2.26. The molecule has 1 unspecified atom stereocenters. The molecule has 0 radical (unpaired) electrons. The van der Waals surface area contributed by atoms with Gasteiger partial charge in [0, 0.05) is 22.7 Å². The molecule has 0 amide bonds. The van der Waals surface area contributed by atoms with Crippen LogP contribution in [0.5, 0.6) is 0 Å². The number of hydrogen-bond donors (Lipinski definition) is 5. The van der Waals surface area contributed by atoms with Crippen LogP contribution in [0.1, 0.15) is 32.6 Å². The first-order valence-corrected chi connectivity index (χ1v) is 10.6. The lowest BCUT2D eigenvalue weighted by atomic mass is 9.94. The maximum absolute atomic E-state index is 12.3. The Balaban J connectivity index is 2.68. The molecule has 0 saturated heterocycles. The van der Waals surface area contributed by atoms with Crippen LogP contribution in [0.2, 0.25) is 0 Å². The summed E-state index contributed by atoms with van der Waals surface area (Å²) in [5, 5.41) is 46.3. The number of carboxylic acid groups (broad SMARTS) is 1. The highest BCUT2D eigenvalue weighted by Crippen LogP contribution is 2.22. The number of carboxylic acids is 1. The molecule has 0 saturated carbocycles. The summed E-state index contributed by atoms with van der Waals surface area (Å²) in [5.74, 6) is -1.60. The van der Waals surface area contributed by atoms with Crippen molar-refractivity contribution >= 4 is 29.3 Å². The monoisotopic (exact) mass is 431 g/mol. The van der Waals surface area contributed by atoms with Crippen LogP contribution in [-0.4, -0.2) is 91.2 Å². The zero-order valence-electron chi connectivity index (χ0n) is 16.4. The predicted octanol–water partition coefficient (Wildman–Crippen LogP) is -0.319. The number of nitrogens with zero attached hydrogens (tertiary/aromatic N) is 1. The summed E-state index contributed by atoms with van der Waals surface area (Å²) in [6.45, 7) is 0.941. The second-order valence-corrected chi connectivity index (χ2v) is 7.85. The summed E-state index contributed by atoms with van der Waals surface area (Å²) in [4.78, 5) is 36.4. The first-order valence-electron chi connectivity index (χ1n) is 9.41. The molecule has 10 heteroatoms. The number of rotatable bonds is 14. The Kier molecular flexibility index (Phi) is 11.3. The molecule has 1 atom stereocenters. The summed E-state index contributed by atoms with van der Waals surface area (Å²) >= 11 is 1.12. The summed E-state index contributed by atoms with van der Waals surface area (Å²) in [6, 6.07) is -1.10. The van der Waals surface area contributed by atoms with Gasteiger partial charge < -0.3 is 25.5 Å². The van der Waals surface area contributed by atoms with Crippen LogP contribution >= 0.6 is 11.8 Å². The standard InChI is InChI=1S/C19H29NO8S/c1-2-3-4-5-12-6-16(22)13(7-15(12)21)10-29-11-14(19(27)28)20(8-17(23)24)9-18(25)26/h6-7,14,17,19,23-24,27-28H,2-5,8-11H2,1H3,(H,25,26). The number of carbonyl (C=O) groups is 3. The van der Waals surface area contributed by atoms with Crippen molar-refractivity contribution in [1.29, 1.82) is 0 Å². The van der Waals surface area contributed by atoms with Crippen LogP contribution in [0.15, 0.2) is 23.3 Å². The van der Waals surface area contributed by atoms with E-state index in [9.17, 15) is 24.6 Å². The zero-order valence-corrected chi connectivity index (χ0v) is 17.2. The van der Waals surface area contributed by atoms with Gasteiger partial charge in [-0.25, -0.2) is 0 Å².